The van der Waals surface area contributed by atoms with Crippen molar-refractivity contribution in [2.24, 2.45) is 14.1 Å². The molecule has 18 aromatic rings. The zero-order chi connectivity index (χ0) is 63.1. The molecular formula is C83H55N9OS2. The van der Waals surface area contributed by atoms with Crippen LogP contribution in [0.25, 0.3) is 182 Å². The van der Waals surface area contributed by atoms with Crippen LogP contribution in [0.5, 0.6) is 0 Å². The second kappa shape index (κ2) is 22.9. The van der Waals surface area contributed by atoms with Crippen molar-refractivity contribution in [1.82, 2.24) is 43.6 Å². The summed E-state index contributed by atoms with van der Waals surface area (Å²) in [5.41, 5.74) is 22.2. The van der Waals surface area contributed by atoms with Gasteiger partial charge in [0.25, 0.3) is 0 Å². The normalized spacial score (nSPS) is 11.7. The molecule has 0 radical (unpaired) electrons. The molecule has 0 atom stereocenters. The molecule has 0 fully saturated rings. The minimum atomic E-state index is 0.732. The number of hydrogen-bond donors (Lipinski definition) is 1. The Morgan fingerprint density at radius 3 is 1.25 bits per heavy atom. The highest BCUT2D eigenvalue weighted by atomic mass is 32.1. The van der Waals surface area contributed by atoms with E-state index in [-0.39, 0.29) is 0 Å². The predicted octanol–water partition coefficient (Wildman–Crippen LogP) is 21.8. The first-order chi connectivity index (χ1) is 46.9. The van der Waals surface area contributed by atoms with Gasteiger partial charge in [0.1, 0.15) is 38.7 Å². The van der Waals surface area contributed by atoms with E-state index in [0.29, 0.717) is 0 Å². The molecule has 0 saturated heterocycles. The molecule has 7 heterocycles. The summed E-state index contributed by atoms with van der Waals surface area (Å²) in [5, 5.41) is 5.76. The van der Waals surface area contributed by atoms with Gasteiger partial charge in [0.2, 0.25) is 0 Å². The van der Waals surface area contributed by atoms with Crippen LogP contribution >= 0.6 is 22.7 Å². The van der Waals surface area contributed by atoms with Gasteiger partial charge in [-0.2, -0.15) is 0 Å². The second-order valence-corrected chi connectivity index (χ2v) is 26.0. The molecule has 0 aliphatic carbocycles. The van der Waals surface area contributed by atoms with Crippen molar-refractivity contribution in [1.29, 1.82) is 0 Å². The van der Waals surface area contributed by atoms with Gasteiger partial charge < -0.3 is 23.1 Å². The minimum Gasteiger partial charge on any atom is -0.455 e. The Labute approximate surface area is 554 Å². The summed E-state index contributed by atoms with van der Waals surface area (Å²) < 4.78 is 14.2. The Kier molecular flexibility index (Phi) is 13.5. The van der Waals surface area contributed by atoms with Gasteiger partial charge >= 0.3 is 0 Å². The average molecular weight is 1260 g/mol. The molecule has 0 bridgehead atoms. The van der Waals surface area contributed by atoms with Crippen molar-refractivity contribution in [3.63, 3.8) is 0 Å². The summed E-state index contributed by atoms with van der Waals surface area (Å²) in [7, 11) is 4.19. The van der Waals surface area contributed by atoms with Crippen LogP contribution in [0.2, 0.25) is 0 Å². The van der Waals surface area contributed by atoms with Crippen molar-refractivity contribution in [2.75, 3.05) is 0 Å². The van der Waals surface area contributed by atoms with Crippen molar-refractivity contribution in [3.8, 4) is 138 Å². The summed E-state index contributed by atoms with van der Waals surface area (Å²) in [6, 6.07) is 92.4. The number of nitrogens with zero attached hydrogens (tertiary/aromatic N) is 8. The number of thiazole rings is 2. The van der Waals surface area contributed by atoms with E-state index in [1.165, 1.54) is 0 Å². The molecule has 0 spiro atoms. The van der Waals surface area contributed by atoms with Crippen LogP contribution in [-0.4, -0.2) is 43.6 Å². The summed E-state index contributed by atoms with van der Waals surface area (Å²) in [6.45, 7) is 0. The Morgan fingerprint density at radius 1 is 0.326 bits per heavy atom. The molecule has 12 heteroatoms. The van der Waals surface area contributed by atoms with E-state index in [1.54, 1.807) is 22.7 Å². The number of aromatic amines is 1. The topological polar surface area (TPSA) is 108 Å². The number of nitrogens with one attached hydrogen (secondary N) is 1. The van der Waals surface area contributed by atoms with Gasteiger partial charge in [-0.15, -0.1) is 22.7 Å². The van der Waals surface area contributed by atoms with E-state index in [2.05, 4.69) is 251 Å². The van der Waals surface area contributed by atoms with Crippen LogP contribution in [0.4, 0.5) is 0 Å². The molecule has 10 nitrogen and oxygen atoms in total. The second-order valence-electron chi connectivity index (χ2n) is 23.9. The van der Waals surface area contributed by atoms with E-state index < -0.39 is 0 Å². The van der Waals surface area contributed by atoms with E-state index >= 15 is 0 Å². The molecule has 0 amide bonds. The molecule has 11 aromatic carbocycles. The summed E-state index contributed by atoms with van der Waals surface area (Å²) in [6.07, 6.45) is 9.81. The molecule has 1 N–H and O–H groups in total. The summed E-state index contributed by atoms with van der Waals surface area (Å²) in [4.78, 5) is 31.2. The lowest BCUT2D eigenvalue weighted by molar-refractivity contribution is 0.671. The molecular weight excluding hydrogens is 1200 g/mol. The third-order valence-corrected chi connectivity index (χ3v) is 20.4. The summed E-state index contributed by atoms with van der Waals surface area (Å²) >= 11 is 3.31. The smallest absolute Gasteiger partial charge is 0.145 e. The van der Waals surface area contributed by atoms with E-state index in [9.17, 15) is 0 Å². The lowest BCUT2D eigenvalue weighted by Crippen LogP contribution is -1.96. The third-order valence-electron chi connectivity index (χ3n) is 18.2. The fourth-order valence-electron chi connectivity index (χ4n) is 13.5. The number of benzene rings is 11. The first kappa shape index (κ1) is 55.7. The van der Waals surface area contributed by atoms with Gasteiger partial charge in [0.05, 0.1) is 67.6 Å². The molecule has 450 valence electrons. The number of fused-ring (bicyclic) bond motifs is 6. The van der Waals surface area contributed by atoms with Crippen molar-refractivity contribution < 1.29 is 4.42 Å². The van der Waals surface area contributed by atoms with Crippen LogP contribution in [0.3, 0.4) is 0 Å². The number of hydrogen-bond acceptors (Lipinski definition) is 8. The van der Waals surface area contributed by atoms with Crippen LogP contribution in [-0.2, 0) is 14.1 Å². The molecule has 18 rings (SSSR count). The van der Waals surface area contributed by atoms with E-state index in [0.717, 1.165) is 182 Å². The number of aromatic nitrogens is 9. The van der Waals surface area contributed by atoms with Gasteiger partial charge in [-0.1, -0.05) is 200 Å². The number of H-pyrrole nitrogens is 1. The van der Waals surface area contributed by atoms with Crippen LogP contribution in [0, 0.1) is 0 Å². The zero-order valence-corrected chi connectivity index (χ0v) is 53.1. The highest BCUT2D eigenvalue weighted by Crippen LogP contribution is 2.48. The van der Waals surface area contributed by atoms with Crippen molar-refractivity contribution in [2.45, 2.75) is 0 Å². The van der Waals surface area contributed by atoms with Gasteiger partial charge in [-0.25, -0.2) is 24.9 Å². The first-order valence-corrected chi connectivity index (χ1v) is 33.2. The van der Waals surface area contributed by atoms with E-state index in [4.69, 9.17) is 29.3 Å². The Hall–Kier alpha value is -12.1. The van der Waals surface area contributed by atoms with Crippen LogP contribution in [0.1, 0.15) is 0 Å². The lowest BCUT2D eigenvalue weighted by atomic mass is 9.98. The maximum Gasteiger partial charge on any atom is 0.145 e. The first-order valence-electron chi connectivity index (χ1n) is 31.5. The average Bonchev–Trinajstić information content (AvgIpc) is 1.57. The largest absolute Gasteiger partial charge is 0.455 e. The molecule has 0 saturated carbocycles. The Morgan fingerprint density at radius 2 is 0.747 bits per heavy atom. The third kappa shape index (κ3) is 9.81. The Bertz CT molecular complexity index is 5750. The van der Waals surface area contributed by atoms with Crippen molar-refractivity contribution in [3.05, 3.63) is 292 Å². The predicted molar refractivity (Wildman–Crippen MR) is 390 cm³/mol. The van der Waals surface area contributed by atoms with Crippen LogP contribution < -0.4 is 0 Å². The molecule has 0 aliphatic heterocycles. The number of rotatable bonds is 13. The zero-order valence-electron chi connectivity index (χ0n) is 51.5. The van der Waals surface area contributed by atoms with Gasteiger partial charge in [0, 0.05) is 70.4 Å². The van der Waals surface area contributed by atoms with Gasteiger partial charge in [-0.05, 0) is 111 Å². The highest BCUT2D eigenvalue weighted by molar-refractivity contribution is 7.18. The van der Waals surface area contributed by atoms with Crippen molar-refractivity contribution >= 4 is 66.4 Å². The minimum absolute atomic E-state index is 0.732. The number of furan rings is 1. The van der Waals surface area contributed by atoms with E-state index in [1.807, 2.05) is 73.4 Å². The van der Waals surface area contributed by atoms with Gasteiger partial charge in [0.15, 0.2) is 0 Å². The monoisotopic (exact) mass is 1260 g/mol. The quantitative estimate of drug-likeness (QED) is 0.123. The molecule has 0 unspecified atom stereocenters. The number of imidazole rings is 3. The fourth-order valence-corrected chi connectivity index (χ4v) is 15.4. The molecule has 0 aliphatic rings. The maximum atomic E-state index is 7.42. The molecule has 95 heavy (non-hydrogen) atoms. The SMILES string of the molecule is Cn1c(-c2ccccc2)cnc1-c1cccc(-c2ccc3c(c2)c2cc(-c4cccc(-c5ncc(-c6ccccc6)n5C)c4)ccc2n3-c2cc(-c3ncc(-c4ccccc4)s3)c3oc4c(-c5ncc(-c6ccccc6)s5)cc(-c5ncc(-c6ccccc6)[nH]5)cc4c3c2)c1. The Balaban J connectivity index is 0.858. The lowest BCUT2D eigenvalue weighted by Gasteiger charge is -2.12. The van der Waals surface area contributed by atoms with Gasteiger partial charge in [-0.3, -0.25) is 0 Å². The standard InChI is InChI=1S/C83H55N9OS2/c1-90-73(52-22-10-4-11-23-52)47-85-80(90)60-32-18-30-56(38-60)58-34-36-71-64(40-58)65-41-59(57-31-19-33-61(39-57)81-86-48-74(91(81)2)53-24-12-5-13-25-53)35-37-72(65)92(71)63-44-67-66-42-62(79-84-46-70(89-79)51-20-8-3-9-21-51)43-68(82-87-49-75(94-82)54-26-14-6-15-27-54)77(66)93-78(67)69(45-63)83-88-50-76(95-83)55-28-16-7-17-29-55/h3-50H,1-2H3,(H,84,89). The fraction of sp³-hybridized carbons (Fsp3) is 0.0241. The maximum absolute atomic E-state index is 7.42. The summed E-state index contributed by atoms with van der Waals surface area (Å²) in [5.74, 6) is 2.54. The highest BCUT2D eigenvalue weighted by Gasteiger charge is 2.26. The molecule has 7 aromatic heterocycles. The van der Waals surface area contributed by atoms with Crippen LogP contribution in [0.15, 0.2) is 296 Å².